The van der Waals surface area contributed by atoms with Gasteiger partial charge in [-0.25, -0.2) is 9.78 Å². The Hall–Kier alpha value is -4.84. The van der Waals surface area contributed by atoms with Crippen molar-refractivity contribution in [3.05, 3.63) is 113 Å². The number of amides is 3. The molecule has 2 aromatic heterocycles. The average Bonchev–Trinajstić information content (AvgIpc) is 3.65. The van der Waals surface area contributed by atoms with Crippen molar-refractivity contribution in [2.45, 2.75) is 23.7 Å². The zero-order valence-corrected chi connectivity index (χ0v) is 26.9. The molecule has 0 fully saturated rings. The third kappa shape index (κ3) is 7.68. The number of H-pyrrole nitrogens is 1. The first-order chi connectivity index (χ1) is 22.3. The summed E-state index contributed by atoms with van der Waals surface area (Å²) in [6.07, 6.45) is 1.34. The maximum absolute atomic E-state index is 13.6. The molecule has 0 saturated carbocycles. The van der Waals surface area contributed by atoms with Crippen LogP contribution in [0.3, 0.4) is 0 Å². The first-order valence-corrected chi connectivity index (χ1v) is 16.5. The SMILES string of the molecule is Cc1ccc(Cl)cc1NC(=O)CSc1nc2ccc(NC(=O)C(Cc3c[nH]c4ccccc34)NC(=O)Oc3ccccc3)cc2s1. The maximum atomic E-state index is 13.6. The van der Waals surface area contributed by atoms with Crippen LogP contribution in [0.15, 0.2) is 102 Å². The van der Waals surface area contributed by atoms with E-state index in [1.54, 1.807) is 42.5 Å². The summed E-state index contributed by atoms with van der Waals surface area (Å²) in [6, 6.07) is 26.3. The number of hydrogen-bond acceptors (Lipinski definition) is 7. The van der Waals surface area contributed by atoms with Crippen LogP contribution in [0.4, 0.5) is 16.2 Å². The van der Waals surface area contributed by atoms with Crippen molar-refractivity contribution in [2.75, 3.05) is 16.4 Å². The molecule has 0 saturated heterocycles. The quantitative estimate of drug-likeness (QED) is 0.110. The summed E-state index contributed by atoms with van der Waals surface area (Å²) in [5.74, 6) is -0.0215. The first-order valence-electron chi connectivity index (χ1n) is 14.3. The van der Waals surface area contributed by atoms with Gasteiger partial charge in [0.1, 0.15) is 11.8 Å². The molecular formula is C34H28ClN5O4S2. The summed E-state index contributed by atoms with van der Waals surface area (Å²) in [5.41, 5.74) is 4.71. The zero-order valence-electron chi connectivity index (χ0n) is 24.5. The Kier molecular flexibility index (Phi) is 9.53. The number of rotatable bonds is 10. The molecule has 46 heavy (non-hydrogen) atoms. The monoisotopic (exact) mass is 669 g/mol. The predicted octanol–water partition coefficient (Wildman–Crippen LogP) is 7.81. The van der Waals surface area contributed by atoms with Gasteiger partial charge in [-0.3, -0.25) is 9.59 Å². The van der Waals surface area contributed by atoms with E-state index < -0.39 is 18.0 Å². The van der Waals surface area contributed by atoms with Crippen LogP contribution in [0.5, 0.6) is 5.75 Å². The minimum Gasteiger partial charge on any atom is -0.410 e. The van der Waals surface area contributed by atoms with E-state index in [0.717, 1.165) is 36.6 Å². The minimum atomic E-state index is -0.930. The number of fused-ring (bicyclic) bond motifs is 2. The summed E-state index contributed by atoms with van der Waals surface area (Å²) < 4.78 is 6.98. The highest BCUT2D eigenvalue weighted by molar-refractivity contribution is 8.01. The van der Waals surface area contributed by atoms with Gasteiger partial charge < -0.3 is 25.7 Å². The van der Waals surface area contributed by atoms with E-state index in [-0.39, 0.29) is 18.1 Å². The van der Waals surface area contributed by atoms with Crippen LogP contribution < -0.4 is 20.7 Å². The van der Waals surface area contributed by atoms with Gasteiger partial charge in [0.05, 0.1) is 16.0 Å². The molecule has 4 aromatic carbocycles. The normalized spacial score (nSPS) is 11.7. The first kappa shape index (κ1) is 31.2. The second-order valence-corrected chi connectivity index (χ2v) is 13.1. The number of benzene rings is 4. The summed E-state index contributed by atoms with van der Waals surface area (Å²) in [6.45, 7) is 1.90. The summed E-state index contributed by atoms with van der Waals surface area (Å²) in [7, 11) is 0. The van der Waals surface area contributed by atoms with Gasteiger partial charge in [-0.2, -0.15) is 0 Å². The number of thiazole rings is 1. The van der Waals surface area contributed by atoms with Crippen LogP contribution in [0, 0.1) is 6.92 Å². The molecule has 2 heterocycles. The number of ether oxygens (including phenoxy) is 1. The predicted molar refractivity (Wildman–Crippen MR) is 185 cm³/mol. The van der Waals surface area contributed by atoms with Crippen LogP contribution in [0.25, 0.3) is 21.1 Å². The van der Waals surface area contributed by atoms with Crippen molar-refractivity contribution in [3.8, 4) is 5.75 Å². The van der Waals surface area contributed by atoms with Crippen LogP contribution >= 0.6 is 34.7 Å². The fourth-order valence-corrected chi connectivity index (χ4v) is 6.89. The second-order valence-electron chi connectivity index (χ2n) is 10.4. The average molecular weight is 670 g/mol. The molecule has 0 bridgehead atoms. The molecule has 3 amide bonds. The Morgan fingerprint density at radius 1 is 0.978 bits per heavy atom. The number of aromatic nitrogens is 2. The molecule has 0 aliphatic heterocycles. The number of halogens is 1. The van der Waals surface area contributed by atoms with Crippen molar-refractivity contribution in [2.24, 2.45) is 0 Å². The van der Waals surface area contributed by atoms with E-state index in [0.29, 0.717) is 22.1 Å². The van der Waals surface area contributed by atoms with Gasteiger partial charge in [-0.05, 0) is 66.6 Å². The van der Waals surface area contributed by atoms with Gasteiger partial charge in [-0.15, -0.1) is 11.3 Å². The number of anilines is 2. The highest BCUT2D eigenvalue weighted by Crippen LogP contribution is 2.32. The third-order valence-electron chi connectivity index (χ3n) is 7.10. The van der Waals surface area contributed by atoms with Crippen LogP contribution in [-0.4, -0.2) is 39.7 Å². The number of nitrogens with zero attached hydrogens (tertiary/aromatic N) is 1. The van der Waals surface area contributed by atoms with Gasteiger partial charge in [0.2, 0.25) is 11.8 Å². The summed E-state index contributed by atoms with van der Waals surface area (Å²) in [5, 5.41) is 10.1. The third-order valence-corrected chi connectivity index (χ3v) is 9.49. The van der Waals surface area contributed by atoms with Crippen LogP contribution in [0.1, 0.15) is 11.1 Å². The molecule has 1 atom stereocenters. The molecular weight excluding hydrogens is 642 g/mol. The van der Waals surface area contributed by atoms with Crippen LogP contribution in [0.2, 0.25) is 5.02 Å². The Labute approximate surface area is 277 Å². The number of para-hydroxylation sites is 2. The van der Waals surface area contributed by atoms with Crippen molar-refractivity contribution in [3.63, 3.8) is 0 Å². The Balaban J connectivity index is 1.14. The molecule has 4 N–H and O–H groups in total. The lowest BCUT2D eigenvalue weighted by atomic mass is 10.0. The number of carbonyl (C=O) groups is 3. The minimum absolute atomic E-state index is 0.165. The van der Waals surface area contributed by atoms with Gasteiger partial charge in [0.25, 0.3) is 0 Å². The highest BCUT2D eigenvalue weighted by atomic mass is 35.5. The fraction of sp³-hybridized carbons (Fsp3) is 0.118. The summed E-state index contributed by atoms with van der Waals surface area (Å²) in [4.78, 5) is 46.9. The number of hydrogen-bond donors (Lipinski definition) is 4. The van der Waals surface area contributed by atoms with E-state index >= 15 is 0 Å². The van der Waals surface area contributed by atoms with E-state index in [4.69, 9.17) is 16.3 Å². The van der Waals surface area contributed by atoms with Crippen molar-refractivity contribution < 1.29 is 19.1 Å². The van der Waals surface area contributed by atoms with E-state index in [1.165, 1.54) is 23.1 Å². The largest absolute Gasteiger partial charge is 0.413 e. The molecule has 9 nitrogen and oxygen atoms in total. The van der Waals surface area contributed by atoms with Crippen molar-refractivity contribution in [1.29, 1.82) is 0 Å². The Bertz CT molecular complexity index is 2050. The standard InChI is InChI=1S/C34H28ClN5O4S2/c1-20-11-12-22(35)16-28(20)38-31(41)19-45-34-40-27-14-13-23(17-30(27)46-34)37-32(42)29(39-33(43)44-24-7-3-2-4-8-24)15-21-18-36-26-10-6-5-9-25(21)26/h2-14,16-18,29,36H,15,19H2,1H3,(H,37,42)(H,38,41)(H,39,43). The molecule has 12 heteroatoms. The fourth-order valence-electron chi connectivity index (χ4n) is 4.81. The molecule has 232 valence electrons. The smallest absolute Gasteiger partial charge is 0.410 e. The number of aryl methyl sites for hydroxylation is 1. The van der Waals surface area contributed by atoms with Gasteiger partial charge >= 0.3 is 6.09 Å². The Morgan fingerprint density at radius 2 is 1.78 bits per heavy atom. The molecule has 0 aliphatic rings. The van der Waals surface area contributed by atoms with Crippen LogP contribution in [-0.2, 0) is 16.0 Å². The number of aromatic amines is 1. The number of carbonyl (C=O) groups excluding carboxylic acids is 3. The van der Waals surface area contributed by atoms with E-state index in [2.05, 4.69) is 25.9 Å². The van der Waals surface area contributed by atoms with Gasteiger partial charge in [-0.1, -0.05) is 65.8 Å². The van der Waals surface area contributed by atoms with E-state index in [9.17, 15) is 14.4 Å². The molecule has 0 radical (unpaired) electrons. The lowest BCUT2D eigenvalue weighted by Gasteiger charge is -2.18. The van der Waals surface area contributed by atoms with Crippen molar-refractivity contribution in [1.82, 2.24) is 15.3 Å². The highest BCUT2D eigenvalue weighted by Gasteiger charge is 2.24. The molecule has 1 unspecified atom stereocenters. The lowest BCUT2D eigenvalue weighted by molar-refractivity contribution is -0.118. The molecule has 0 aliphatic carbocycles. The van der Waals surface area contributed by atoms with Gasteiger partial charge in [0.15, 0.2) is 4.34 Å². The van der Waals surface area contributed by atoms with Gasteiger partial charge in [0, 0.05) is 39.9 Å². The lowest BCUT2D eigenvalue weighted by Crippen LogP contribution is -2.46. The number of nitrogens with one attached hydrogen (secondary N) is 4. The molecule has 6 rings (SSSR count). The van der Waals surface area contributed by atoms with E-state index in [1.807, 2.05) is 61.7 Å². The van der Waals surface area contributed by atoms with Crippen molar-refractivity contribution >= 4 is 85.1 Å². The topological polar surface area (TPSA) is 125 Å². The number of thioether (sulfide) groups is 1. The molecule has 0 spiro atoms. The second kappa shape index (κ2) is 14.1. The molecule has 6 aromatic rings. The summed E-state index contributed by atoms with van der Waals surface area (Å²) >= 11 is 8.82. The Morgan fingerprint density at radius 3 is 2.63 bits per heavy atom. The maximum Gasteiger partial charge on any atom is 0.413 e. The zero-order chi connectivity index (χ0) is 32.0.